The molecule has 15 heavy (non-hydrogen) atoms. The summed E-state index contributed by atoms with van der Waals surface area (Å²) in [4.78, 5) is 12.3. The molecule has 1 aliphatic heterocycles. The van der Waals surface area contributed by atoms with E-state index in [0.29, 0.717) is 12.2 Å². The van der Waals surface area contributed by atoms with Gasteiger partial charge in [-0.05, 0) is 19.2 Å². The summed E-state index contributed by atoms with van der Waals surface area (Å²) in [5, 5.41) is 5.34. The highest BCUT2D eigenvalue weighted by atomic mass is 32.2. The molecule has 0 radical (unpaired) electrons. The molecule has 0 saturated heterocycles. The van der Waals surface area contributed by atoms with Crippen molar-refractivity contribution < 1.29 is 9.18 Å². The number of hydrogen-bond acceptors (Lipinski definition) is 3. The highest BCUT2D eigenvalue weighted by molar-refractivity contribution is 8.01. The Kier molecular flexibility index (Phi) is 2.93. The van der Waals surface area contributed by atoms with Crippen molar-refractivity contribution in [2.45, 2.75) is 10.1 Å². The molecule has 1 heterocycles. The van der Waals surface area contributed by atoms with Crippen molar-refractivity contribution in [1.29, 1.82) is 0 Å². The molecule has 0 saturated carbocycles. The van der Waals surface area contributed by atoms with Gasteiger partial charge in [0.2, 0.25) is 5.91 Å². The maximum atomic E-state index is 13.3. The summed E-state index contributed by atoms with van der Waals surface area (Å²) in [6.45, 7) is 0.576. The van der Waals surface area contributed by atoms with Crippen LogP contribution in [0.25, 0.3) is 0 Å². The van der Waals surface area contributed by atoms with Gasteiger partial charge in [-0.15, -0.1) is 11.8 Å². The van der Waals surface area contributed by atoms with Gasteiger partial charge < -0.3 is 10.6 Å². The highest BCUT2D eigenvalue weighted by Gasteiger charge is 2.27. The Labute approximate surface area is 91.4 Å². The summed E-state index contributed by atoms with van der Waals surface area (Å²) in [5.74, 6) is -0.525. The highest BCUT2D eigenvalue weighted by Crippen LogP contribution is 2.36. The second-order valence-corrected chi connectivity index (χ2v) is 4.51. The number of fused-ring (bicyclic) bond motifs is 1. The number of benzene rings is 1. The Morgan fingerprint density at radius 3 is 3.13 bits per heavy atom. The molecule has 1 aromatic rings. The predicted molar refractivity (Wildman–Crippen MR) is 58.6 cm³/mol. The third kappa shape index (κ3) is 1.98. The molecule has 0 fully saturated rings. The van der Waals surface area contributed by atoms with Gasteiger partial charge in [-0.3, -0.25) is 4.79 Å². The van der Waals surface area contributed by atoms with E-state index in [1.165, 1.54) is 17.8 Å². The van der Waals surface area contributed by atoms with Crippen LogP contribution in [0, 0.1) is 5.82 Å². The third-order valence-electron chi connectivity index (χ3n) is 2.17. The van der Waals surface area contributed by atoms with Crippen LogP contribution in [0.4, 0.5) is 10.1 Å². The lowest BCUT2D eigenvalue weighted by Gasteiger charge is -2.23. The Bertz CT molecular complexity index is 397. The first-order valence-electron chi connectivity index (χ1n) is 4.63. The minimum atomic E-state index is -0.378. The summed E-state index contributed by atoms with van der Waals surface area (Å²) in [6.07, 6.45) is 0. The molecule has 1 unspecified atom stereocenters. The Hall–Kier alpha value is -1.07. The number of carbonyl (C=O) groups excluding carboxylic acids is 1. The van der Waals surface area contributed by atoms with Crippen molar-refractivity contribution in [3.8, 4) is 0 Å². The molecular weight excluding hydrogens is 215 g/mol. The molecule has 1 aromatic carbocycles. The van der Waals surface area contributed by atoms with Crippen molar-refractivity contribution >= 4 is 23.4 Å². The topological polar surface area (TPSA) is 41.1 Å². The molecule has 0 bridgehead atoms. The van der Waals surface area contributed by atoms with Gasteiger partial charge in [0, 0.05) is 11.4 Å². The van der Waals surface area contributed by atoms with Crippen molar-refractivity contribution in [2.24, 2.45) is 0 Å². The molecule has 3 nitrogen and oxygen atoms in total. The van der Waals surface area contributed by atoms with Crippen molar-refractivity contribution in [3.63, 3.8) is 0 Å². The van der Waals surface area contributed by atoms with E-state index < -0.39 is 0 Å². The van der Waals surface area contributed by atoms with Crippen LogP contribution in [-0.2, 0) is 4.79 Å². The number of halogens is 1. The number of amides is 1. The van der Waals surface area contributed by atoms with Crippen LogP contribution >= 0.6 is 11.8 Å². The largest absolute Gasteiger partial charge is 0.322 e. The lowest BCUT2D eigenvalue weighted by molar-refractivity contribution is -0.115. The van der Waals surface area contributed by atoms with Gasteiger partial charge >= 0.3 is 0 Å². The fraction of sp³-hybridized carbons (Fsp3) is 0.300. The molecular formula is C10H11FN2OS. The number of carbonyl (C=O) groups is 1. The molecule has 5 heteroatoms. The first-order valence-corrected chi connectivity index (χ1v) is 5.51. The fourth-order valence-electron chi connectivity index (χ4n) is 1.45. The van der Waals surface area contributed by atoms with Gasteiger partial charge in [-0.2, -0.15) is 0 Å². The van der Waals surface area contributed by atoms with Gasteiger partial charge in [-0.25, -0.2) is 4.39 Å². The molecule has 1 atom stereocenters. The van der Waals surface area contributed by atoms with Crippen LogP contribution < -0.4 is 10.6 Å². The first kappa shape index (κ1) is 10.4. The Morgan fingerprint density at radius 2 is 2.40 bits per heavy atom. The van der Waals surface area contributed by atoms with Crippen LogP contribution in [-0.4, -0.2) is 24.7 Å². The normalized spacial score (nSPS) is 19.6. The Morgan fingerprint density at radius 1 is 1.60 bits per heavy atom. The molecule has 1 aliphatic rings. The minimum absolute atomic E-state index is 0.146. The predicted octanol–water partition coefficient (Wildman–Crippen LogP) is 1.46. The number of thioether (sulfide) groups is 1. The quantitative estimate of drug-likeness (QED) is 0.802. The summed E-state index contributed by atoms with van der Waals surface area (Å²) in [6, 6.07) is 4.80. The average Bonchev–Trinajstić information content (AvgIpc) is 2.21. The lowest BCUT2D eigenvalue weighted by atomic mass is 10.2. The van der Waals surface area contributed by atoms with Crippen LogP contribution in [0.2, 0.25) is 0 Å². The summed E-state index contributed by atoms with van der Waals surface area (Å²) >= 11 is 1.39. The second-order valence-electron chi connectivity index (χ2n) is 3.27. The average molecular weight is 226 g/mol. The van der Waals surface area contributed by atoms with Crippen LogP contribution in [0.3, 0.4) is 0 Å². The molecule has 0 spiro atoms. The van der Waals surface area contributed by atoms with Gasteiger partial charge in [-0.1, -0.05) is 6.07 Å². The van der Waals surface area contributed by atoms with Crippen LogP contribution in [0.1, 0.15) is 0 Å². The number of rotatable bonds is 2. The lowest BCUT2D eigenvalue weighted by Crippen LogP contribution is -2.36. The van der Waals surface area contributed by atoms with E-state index in [4.69, 9.17) is 0 Å². The van der Waals surface area contributed by atoms with E-state index in [9.17, 15) is 9.18 Å². The molecule has 0 aliphatic carbocycles. The van der Waals surface area contributed by atoms with Crippen LogP contribution in [0.15, 0.2) is 23.1 Å². The number of para-hydroxylation sites is 1. The van der Waals surface area contributed by atoms with E-state index in [1.54, 1.807) is 13.1 Å². The zero-order valence-electron chi connectivity index (χ0n) is 8.21. The monoisotopic (exact) mass is 226 g/mol. The summed E-state index contributed by atoms with van der Waals surface area (Å²) in [7, 11) is 1.79. The second kappa shape index (κ2) is 4.20. The maximum absolute atomic E-state index is 13.3. The van der Waals surface area contributed by atoms with Gasteiger partial charge in [0.05, 0.1) is 5.69 Å². The summed E-state index contributed by atoms with van der Waals surface area (Å²) < 4.78 is 13.3. The molecule has 1 amide bonds. The van der Waals surface area contributed by atoms with E-state index in [0.717, 1.165) is 4.90 Å². The fourth-order valence-corrected chi connectivity index (χ4v) is 2.60. The van der Waals surface area contributed by atoms with E-state index in [2.05, 4.69) is 10.6 Å². The zero-order chi connectivity index (χ0) is 10.8. The van der Waals surface area contributed by atoms with Crippen molar-refractivity contribution in [2.75, 3.05) is 18.9 Å². The third-order valence-corrected chi connectivity index (χ3v) is 3.43. The molecule has 2 rings (SSSR count). The standard InChI is InChI=1S/C10H11FN2OS/c1-12-5-8-10(14)13-9-6(11)3-2-4-7(9)15-8/h2-4,8,12H,5H2,1H3,(H,13,14). The first-order chi connectivity index (χ1) is 7.22. The van der Waals surface area contributed by atoms with Gasteiger partial charge in [0.1, 0.15) is 11.1 Å². The Balaban J connectivity index is 2.30. The molecule has 80 valence electrons. The van der Waals surface area contributed by atoms with Crippen molar-refractivity contribution in [3.05, 3.63) is 24.0 Å². The summed E-state index contributed by atoms with van der Waals surface area (Å²) in [5.41, 5.74) is 0.305. The zero-order valence-corrected chi connectivity index (χ0v) is 9.03. The molecule has 2 N–H and O–H groups in total. The van der Waals surface area contributed by atoms with E-state index in [1.807, 2.05) is 6.07 Å². The van der Waals surface area contributed by atoms with Gasteiger partial charge in [0.15, 0.2) is 0 Å². The molecule has 0 aromatic heterocycles. The minimum Gasteiger partial charge on any atom is -0.322 e. The maximum Gasteiger partial charge on any atom is 0.239 e. The number of nitrogens with one attached hydrogen (secondary N) is 2. The van der Waals surface area contributed by atoms with Crippen molar-refractivity contribution in [1.82, 2.24) is 5.32 Å². The SMILES string of the molecule is CNCC1Sc2cccc(F)c2NC1=O. The smallest absolute Gasteiger partial charge is 0.239 e. The van der Waals surface area contributed by atoms with Gasteiger partial charge in [0.25, 0.3) is 0 Å². The van der Waals surface area contributed by atoms with Crippen LogP contribution in [0.5, 0.6) is 0 Å². The number of hydrogen-bond donors (Lipinski definition) is 2. The van der Waals surface area contributed by atoms with E-state index >= 15 is 0 Å². The van der Waals surface area contributed by atoms with E-state index in [-0.39, 0.29) is 17.0 Å². The number of anilines is 1.